The van der Waals surface area contributed by atoms with Crippen LogP contribution in [0, 0.1) is 0 Å². The number of rotatable bonds is 1. The predicted octanol–water partition coefficient (Wildman–Crippen LogP) is 0.242. The van der Waals surface area contributed by atoms with Crippen LogP contribution in [-0.4, -0.2) is 35.8 Å². The van der Waals surface area contributed by atoms with Crippen LogP contribution < -0.4 is 0 Å². The molecule has 0 fully saturated rings. The molecule has 0 saturated carbocycles. The highest BCUT2D eigenvalue weighted by Gasteiger charge is 2.33. The van der Waals surface area contributed by atoms with E-state index in [0.29, 0.717) is 5.84 Å². The molecule has 2 aliphatic rings. The van der Waals surface area contributed by atoms with E-state index in [1.54, 1.807) is 29.3 Å². The van der Waals surface area contributed by atoms with Crippen LogP contribution in [0.2, 0.25) is 0 Å². The second kappa shape index (κ2) is 3.68. The molecule has 0 aromatic carbocycles. The Balaban J connectivity index is 2.32. The molecule has 0 saturated heterocycles. The van der Waals surface area contributed by atoms with Crippen molar-refractivity contribution in [3.8, 4) is 0 Å². The average molecular weight is 206 g/mol. The molecule has 0 unspecified atom stereocenters. The first-order valence-electron chi connectivity index (χ1n) is 4.55. The Morgan fingerprint density at radius 1 is 1.60 bits per heavy atom. The van der Waals surface area contributed by atoms with Gasteiger partial charge < -0.3 is 9.64 Å². The van der Waals surface area contributed by atoms with Gasteiger partial charge in [-0.1, -0.05) is 6.08 Å². The van der Waals surface area contributed by atoms with E-state index in [2.05, 4.69) is 9.73 Å². The van der Waals surface area contributed by atoms with Gasteiger partial charge in [-0.15, -0.1) is 0 Å². The summed E-state index contributed by atoms with van der Waals surface area (Å²) in [5, 5.41) is 0. The van der Waals surface area contributed by atoms with Crippen LogP contribution in [0.15, 0.2) is 29.4 Å². The summed E-state index contributed by atoms with van der Waals surface area (Å²) in [6.45, 7) is 0. The molecule has 2 heterocycles. The van der Waals surface area contributed by atoms with Crippen molar-refractivity contribution in [1.29, 1.82) is 0 Å². The number of hydrogen-bond donors (Lipinski definition) is 0. The van der Waals surface area contributed by atoms with Crippen molar-refractivity contribution >= 4 is 17.7 Å². The first-order chi connectivity index (χ1) is 7.22. The van der Waals surface area contributed by atoms with Crippen LogP contribution in [0.4, 0.5) is 0 Å². The van der Waals surface area contributed by atoms with Gasteiger partial charge in [0.1, 0.15) is 11.9 Å². The van der Waals surface area contributed by atoms with Crippen LogP contribution in [-0.2, 0) is 14.3 Å². The highest BCUT2D eigenvalue weighted by Crippen LogP contribution is 2.18. The van der Waals surface area contributed by atoms with E-state index in [-0.39, 0.29) is 12.3 Å². The molecule has 0 N–H and O–H groups in total. The van der Waals surface area contributed by atoms with E-state index >= 15 is 0 Å². The Kier molecular flexibility index (Phi) is 2.37. The quantitative estimate of drug-likeness (QED) is 0.577. The Labute approximate surface area is 86.7 Å². The van der Waals surface area contributed by atoms with Gasteiger partial charge >= 0.3 is 5.97 Å². The third-order valence-electron chi connectivity index (χ3n) is 2.28. The maximum absolute atomic E-state index is 11.4. The number of carbonyl (C=O) groups is 2. The van der Waals surface area contributed by atoms with Gasteiger partial charge in [0.2, 0.25) is 5.91 Å². The van der Waals surface area contributed by atoms with Gasteiger partial charge in [0.05, 0.1) is 13.5 Å². The molecule has 5 nitrogen and oxygen atoms in total. The minimum atomic E-state index is -0.587. The van der Waals surface area contributed by atoms with E-state index < -0.39 is 12.0 Å². The number of ether oxygens (including phenoxy) is 1. The first kappa shape index (κ1) is 9.64. The molecule has 15 heavy (non-hydrogen) atoms. The number of esters is 1. The minimum absolute atomic E-state index is 0.0638. The summed E-state index contributed by atoms with van der Waals surface area (Å²) >= 11 is 0. The van der Waals surface area contributed by atoms with Crippen molar-refractivity contribution in [3.63, 3.8) is 0 Å². The van der Waals surface area contributed by atoms with Crippen LogP contribution in [0.3, 0.4) is 0 Å². The van der Waals surface area contributed by atoms with Crippen LogP contribution in [0.1, 0.15) is 6.42 Å². The maximum Gasteiger partial charge on any atom is 0.329 e. The van der Waals surface area contributed by atoms with Crippen LogP contribution in [0.25, 0.3) is 0 Å². The summed E-state index contributed by atoms with van der Waals surface area (Å²) in [6, 6.07) is -0.587. The molecule has 0 radical (unpaired) electrons. The number of aliphatic imine (C=N–C) groups is 1. The number of hydrogen-bond acceptors (Lipinski definition) is 4. The van der Waals surface area contributed by atoms with Gasteiger partial charge in [0.15, 0.2) is 0 Å². The highest BCUT2D eigenvalue weighted by atomic mass is 16.5. The minimum Gasteiger partial charge on any atom is -0.467 e. The average Bonchev–Trinajstić information content (AvgIpc) is 2.26. The summed E-state index contributed by atoms with van der Waals surface area (Å²) in [5.41, 5.74) is 0. The Morgan fingerprint density at radius 2 is 2.40 bits per heavy atom. The van der Waals surface area contributed by atoms with E-state index in [9.17, 15) is 9.59 Å². The lowest BCUT2D eigenvalue weighted by Crippen LogP contribution is -2.46. The number of methoxy groups -OCH3 is 1. The van der Waals surface area contributed by atoms with Gasteiger partial charge in [-0.05, 0) is 12.2 Å². The molecule has 0 spiro atoms. The molecule has 0 bridgehead atoms. The van der Waals surface area contributed by atoms with E-state index in [1.165, 1.54) is 7.11 Å². The van der Waals surface area contributed by atoms with Crippen molar-refractivity contribution in [3.05, 3.63) is 24.4 Å². The lowest BCUT2D eigenvalue weighted by Gasteiger charge is -2.31. The molecule has 5 heteroatoms. The summed E-state index contributed by atoms with van der Waals surface area (Å²) in [7, 11) is 1.31. The fraction of sp³-hybridized carbons (Fsp3) is 0.300. The number of fused-ring (bicyclic) bond motifs is 1. The number of allylic oxidation sites excluding steroid dienone is 2. The first-order valence-corrected chi connectivity index (χ1v) is 4.55. The topological polar surface area (TPSA) is 59.0 Å². The SMILES string of the molecule is COC(=O)[C@H]1CC(=O)N=C2C=CC=CN21. The highest BCUT2D eigenvalue weighted by molar-refractivity contribution is 6.07. The second-order valence-corrected chi connectivity index (χ2v) is 3.21. The van der Waals surface area contributed by atoms with Crippen molar-refractivity contribution in [2.75, 3.05) is 7.11 Å². The fourth-order valence-electron chi connectivity index (χ4n) is 1.58. The molecule has 1 atom stereocenters. The maximum atomic E-state index is 11.4. The Bertz CT molecular complexity index is 395. The fourth-order valence-corrected chi connectivity index (χ4v) is 1.58. The third kappa shape index (κ3) is 1.68. The standard InChI is InChI=1S/C10H10N2O3/c1-15-10(14)7-6-9(13)11-8-4-2-3-5-12(7)8/h2-5,7H,6H2,1H3/t7-/m1/s1. The van der Waals surface area contributed by atoms with Gasteiger partial charge in [-0.3, -0.25) is 4.79 Å². The van der Waals surface area contributed by atoms with Gasteiger partial charge in [-0.25, -0.2) is 4.79 Å². The molecule has 0 aliphatic carbocycles. The Morgan fingerprint density at radius 3 is 3.13 bits per heavy atom. The van der Waals surface area contributed by atoms with Crippen molar-refractivity contribution < 1.29 is 14.3 Å². The van der Waals surface area contributed by atoms with Crippen molar-refractivity contribution in [1.82, 2.24) is 4.90 Å². The zero-order chi connectivity index (χ0) is 10.8. The predicted molar refractivity (Wildman–Crippen MR) is 53.0 cm³/mol. The Hall–Kier alpha value is -1.91. The zero-order valence-corrected chi connectivity index (χ0v) is 8.21. The van der Waals surface area contributed by atoms with Gasteiger partial charge in [0, 0.05) is 6.20 Å². The van der Waals surface area contributed by atoms with Gasteiger partial charge in [0.25, 0.3) is 0 Å². The lowest BCUT2D eigenvalue weighted by molar-refractivity contribution is -0.146. The number of amidine groups is 1. The van der Waals surface area contributed by atoms with E-state index in [4.69, 9.17) is 0 Å². The molecule has 1 amide bonds. The number of carbonyl (C=O) groups excluding carboxylic acids is 2. The molecule has 2 rings (SSSR count). The van der Waals surface area contributed by atoms with Crippen molar-refractivity contribution in [2.45, 2.75) is 12.5 Å². The van der Waals surface area contributed by atoms with Gasteiger partial charge in [-0.2, -0.15) is 4.99 Å². The third-order valence-corrected chi connectivity index (χ3v) is 2.28. The summed E-state index contributed by atoms with van der Waals surface area (Å²) < 4.78 is 4.64. The van der Waals surface area contributed by atoms with Crippen LogP contribution in [0.5, 0.6) is 0 Å². The number of amides is 1. The lowest BCUT2D eigenvalue weighted by atomic mass is 10.1. The molecular weight excluding hydrogens is 196 g/mol. The monoisotopic (exact) mass is 206 g/mol. The molecule has 78 valence electrons. The zero-order valence-electron chi connectivity index (χ0n) is 8.21. The molecular formula is C10H10N2O3. The molecule has 0 aromatic heterocycles. The molecule has 2 aliphatic heterocycles. The summed E-state index contributed by atoms with van der Waals surface area (Å²) in [6.07, 6.45) is 7.02. The summed E-state index contributed by atoms with van der Waals surface area (Å²) in [4.78, 5) is 28.2. The van der Waals surface area contributed by atoms with E-state index in [1.807, 2.05) is 0 Å². The smallest absolute Gasteiger partial charge is 0.329 e. The van der Waals surface area contributed by atoms with E-state index in [0.717, 1.165) is 0 Å². The van der Waals surface area contributed by atoms with Crippen molar-refractivity contribution in [2.24, 2.45) is 4.99 Å². The largest absolute Gasteiger partial charge is 0.467 e. The summed E-state index contributed by atoms with van der Waals surface area (Å²) in [5.74, 6) is -0.226. The normalized spacial score (nSPS) is 23.5. The van der Waals surface area contributed by atoms with Crippen LogP contribution >= 0.6 is 0 Å². The second-order valence-electron chi connectivity index (χ2n) is 3.21. The molecule has 0 aromatic rings. The number of nitrogens with zero attached hydrogens (tertiary/aromatic N) is 2.